The van der Waals surface area contributed by atoms with E-state index in [-0.39, 0.29) is 0 Å². The number of anilines is 1. The zero-order chi connectivity index (χ0) is 19.4. The number of hydrogen-bond acceptors (Lipinski definition) is 5. The fourth-order valence-electron chi connectivity index (χ4n) is 3.57. The fourth-order valence-corrected chi connectivity index (χ4v) is 3.97. The van der Waals surface area contributed by atoms with Crippen LogP contribution in [0.4, 0.5) is 5.69 Å². The van der Waals surface area contributed by atoms with Gasteiger partial charge in [0, 0.05) is 31.9 Å². The SMILES string of the molecule is CCOc1ccccc1N1CCN(Cn2c(C)cc(C)c(C#N)c2=S)CC1. The van der Waals surface area contributed by atoms with E-state index in [1.165, 1.54) is 0 Å². The molecule has 0 atom stereocenters. The summed E-state index contributed by atoms with van der Waals surface area (Å²) in [6.07, 6.45) is 0. The third-order valence-electron chi connectivity index (χ3n) is 5.04. The Bertz CT molecular complexity index is 907. The minimum atomic E-state index is 0.611. The Morgan fingerprint density at radius 2 is 1.85 bits per heavy atom. The lowest BCUT2D eigenvalue weighted by Gasteiger charge is -2.37. The molecule has 3 rings (SSSR count). The van der Waals surface area contributed by atoms with Crippen molar-refractivity contribution < 1.29 is 4.74 Å². The van der Waals surface area contributed by atoms with E-state index in [9.17, 15) is 5.26 Å². The zero-order valence-electron chi connectivity index (χ0n) is 16.2. The number of pyridine rings is 1. The minimum absolute atomic E-state index is 0.611. The number of para-hydroxylation sites is 2. The first-order valence-electron chi connectivity index (χ1n) is 9.35. The molecule has 142 valence electrons. The van der Waals surface area contributed by atoms with Crippen LogP contribution in [0.3, 0.4) is 0 Å². The maximum Gasteiger partial charge on any atom is 0.142 e. The lowest BCUT2D eigenvalue weighted by atomic mass is 10.1. The van der Waals surface area contributed by atoms with Gasteiger partial charge in [-0.05, 0) is 44.5 Å². The Morgan fingerprint density at radius 3 is 2.52 bits per heavy atom. The van der Waals surface area contributed by atoms with E-state index < -0.39 is 0 Å². The van der Waals surface area contributed by atoms with Crippen molar-refractivity contribution in [2.45, 2.75) is 27.4 Å². The molecule has 1 aliphatic rings. The second-order valence-electron chi connectivity index (χ2n) is 6.84. The number of piperazine rings is 1. The van der Waals surface area contributed by atoms with E-state index in [1.807, 2.05) is 32.0 Å². The van der Waals surface area contributed by atoms with E-state index in [0.717, 1.165) is 55.5 Å². The molecule has 0 amide bonds. The highest BCUT2D eigenvalue weighted by atomic mass is 32.1. The third-order valence-corrected chi connectivity index (χ3v) is 5.46. The molecule has 0 radical (unpaired) electrons. The second-order valence-corrected chi connectivity index (χ2v) is 7.22. The van der Waals surface area contributed by atoms with Crippen molar-refractivity contribution in [1.82, 2.24) is 9.47 Å². The van der Waals surface area contributed by atoms with Gasteiger partial charge >= 0.3 is 0 Å². The van der Waals surface area contributed by atoms with Gasteiger partial charge in [-0.3, -0.25) is 4.90 Å². The van der Waals surface area contributed by atoms with E-state index >= 15 is 0 Å². The number of nitrogens with zero attached hydrogens (tertiary/aromatic N) is 4. The maximum absolute atomic E-state index is 9.39. The van der Waals surface area contributed by atoms with Gasteiger partial charge in [-0.25, -0.2) is 0 Å². The molecule has 6 heteroatoms. The van der Waals surface area contributed by atoms with Crippen molar-refractivity contribution >= 4 is 17.9 Å². The number of rotatable bonds is 5. The average molecular weight is 383 g/mol. The molecule has 0 aliphatic carbocycles. The summed E-state index contributed by atoms with van der Waals surface area (Å²) < 4.78 is 8.49. The first-order valence-corrected chi connectivity index (χ1v) is 9.76. The van der Waals surface area contributed by atoms with E-state index in [0.29, 0.717) is 16.8 Å². The van der Waals surface area contributed by atoms with E-state index in [1.54, 1.807) is 0 Å². The summed E-state index contributed by atoms with van der Waals surface area (Å²) in [5.74, 6) is 0.948. The van der Waals surface area contributed by atoms with Crippen LogP contribution >= 0.6 is 12.2 Å². The van der Waals surface area contributed by atoms with Gasteiger partial charge in [-0.15, -0.1) is 0 Å². The molecular formula is C21H26N4OS. The van der Waals surface area contributed by atoms with Crippen LogP contribution in [0.1, 0.15) is 23.7 Å². The van der Waals surface area contributed by atoms with Crippen LogP contribution in [-0.2, 0) is 6.67 Å². The molecule has 1 aliphatic heterocycles. The Labute approximate surface area is 166 Å². The van der Waals surface area contributed by atoms with Crippen molar-refractivity contribution in [2.24, 2.45) is 0 Å². The minimum Gasteiger partial charge on any atom is -0.492 e. The Morgan fingerprint density at radius 1 is 1.15 bits per heavy atom. The first-order chi connectivity index (χ1) is 13.0. The smallest absolute Gasteiger partial charge is 0.142 e. The molecule has 2 heterocycles. The summed E-state index contributed by atoms with van der Waals surface area (Å²) in [4.78, 5) is 4.77. The number of nitriles is 1. The van der Waals surface area contributed by atoms with Crippen LogP contribution in [0.25, 0.3) is 0 Å². The predicted octanol–water partition coefficient (Wildman–Crippen LogP) is 3.88. The van der Waals surface area contributed by atoms with Gasteiger partial charge in [-0.1, -0.05) is 24.4 Å². The molecule has 27 heavy (non-hydrogen) atoms. The third kappa shape index (κ3) is 4.15. The predicted molar refractivity (Wildman–Crippen MR) is 111 cm³/mol. The highest BCUT2D eigenvalue weighted by Gasteiger charge is 2.20. The summed E-state index contributed by atoms with van der Waals surface area (Å²) in [6.45, 7) is 11.2. The molecule has 1 saturated heterocycles. The Hall–Kier alpha value is -2.36. The van der Waals surface area contributed by atoms with Crippen molar-refractivity contribution in [2.75, 3.05) is 37.7 Å². The lowest BCUT2D eigenvalue weighted by molar-refractivity contribution is 0.202. The van der Waals surface area contributed by atoms with Gasteiger partial charge in [0.25, 0.3) is 0 Å². The molecule has 0 unspecified atom stereocenters. The Kier molecular flexibility index (Phi) is 6.15. The van der Waals surface area contributed by atoms with Crippen LogP contribution in [0, 0.1) is 29.8 Å². The normalized spacial score (nSPS) is 14.8. The standard InChI is InChI=1S/C21H26N4OS/c1-4-26-20-8-6-5-7-19(20)24-11-9-23(10-12-24)15-25-17(3)13-16(2)18(14-22)21(25)27/h5-8,13H,4,9-12,15H2,1-3H3. The molecular weight excluding hydrogens is 356 g/mol. The summed E-state index contributed by atoms with van der Waals surface area (Å²) in [7, 11) is 0. The van der Waals surface area contributed by atoms with Crippen LogP contribution in [0.15, 0.2) is 30.3 Å². The van der Waals surface area contributed by atoms with E-state index in [4.69, 9.17) is 17.0 Å². The largest absolute Gasteiger partial charge is 0.492 e. The highest BCUT2D eigenvalue weighted by molar-refractivity contribution is 7.71. The molecule has 1 aromatic heterocycles. The molecule has 1 aromatic carbocycles. The molecule has 2 aromatic rings. The van der Waals surface area contributed by atoms with Crippen molar-refractivity contribution in [3.63, 3.8) is 0 Å². The number of aryl methyl sites for hydroxylation is 2. The topological polar surface area (TPSA) is 44.4 Å². The molecule has 1 fully saturated rings. The number of aromatic nitrogens is 1. The second kappa shape index (κ2) is 8.55. The molecule has 5 nitrogen and oxygen atoms in total. The van der Waals surface area contributed by atoms with Crippen molar-refractivity contribution in [3.05, 3.63) is 51.8 Å². The molecule has 0 spiro atoms. The fraction of sp³-hybridized carbons (Fsp3) is 0.429. The van der Waals surface area contributed by atoms with Crippen LogP contribution in [0.2, 0.25) is 0 Å². The lowest BCUT2D eigenvalue weighted by Crippen LogP contribution is -2.47. The quantitative estimate of drug-likeness (QED) is 0.734. The van der Waals surface area contributed by atoms with Crippen LogP contribution < -0.4 is 9.64 Å². The maximum atomic E-state index is 9.39. The first kappa shape index (κ1) is 19.4. The van der Waals surface area contributed by atoms with Crippen molar-refractivity contribution in [3.8, 4) is 11.8 Å². The van der Waals surface area contributed by atoms with Gasteiger partial charge in [0.1, 0.15) is 16.5 Å². The van der Waals surface area contributed by atoms with E-state index in [2.05, 4.69) is 39.5 Å². The molecule has 0 bridgehead atoms. The number of hydrogen-bond donors (Lipinski definition) is 0. The van der Waals surface area contributed by atoms with Gasteiger partial charge in [0.15, 0.2) is 0 Å². The van der Waals surface area contributed by atoms with Crippen LogP contribution in [0.5, 0.6) is 5.75 Å². The summed E-state index contributed by atoms with van der Waals surface area (Å²) in [5.41, 5.74) is 3.82. The average Bonchev–Trinajstić information content (AvgIpc) is 2.67. The highest BCUT2D eigenvalue weighted by Crippen LogP contribution is 2.29. The summed E-state index contributed by atoms with van der Waals surface area (Å²) in [6, 6.07) is 12.5. The number of benzene rings is 1. The van der Waals surface area contributed by atoms with Crippen LogP contribution in [-0.4, -0.2) is 42.3 Å². The summed E-state index contributed by atoms with van der Waals surface area (Å²) in [5, 5.41) is 9.39. The van der Waals surface area contributed by atoms with Gasteiger partial charge in [0.2, 0.25) is 0 Å². The zero-order valence-corrected chi connectivity index (χ0v) is 17.1. The molecule has 0 N–H and O–H groups in total. The van der Waals surface area contributed by atoms with Gasteiger partial charge < -0.3 is 14.2 Å². The monoisotopic (exact) mass is 382 g/mol. The van der Waals surface area contributed by atoms with Crippen molar-refractivity contribution in [1.29, 1.82) is 5.26 Å². The number of ether oxygens (including phenoxy) is 1. The Balaban J connectivity index is 1.71. The van der Waals surface area contributed by atoms with Gasteiger partial charge in [0.05, 0.1) is 24.5 Å². The summed E-state index contributed by atoms with van der Waals surface area (Å²) >= 11 is 5.57. The van der Waals surface area contributed by atoms with Gasteiger partial charge in [-0.2, -0.15) is 5.26 Å². The molecule has 0 saturated carbocycles.